The maximum atomic E-state index is 12.9. The van der Waals surface area contributed by atoms with Gasteiger partial charge in [0.1, 0.15) is 5.82 Å². The second-order valence-electron chi connectivity index (χ2n) is 5.12. The first-order valence-electron chi connectivity index (χ1n) is 6.83. The molecule has 0 saturated carbocycles. The van der Waals surface area contributed by atoms with Crippen LogP contribution in [0.25, 0.3) is 0 Å². The van der Waals surface area contributed by atoms with Gasteiger partial charge >= 0.3 is 0 Å². The highest BCUT2D eigenvalue weighted by molar-refractivity contribution is 7.89. The van der Waals surface area contributed by atoms with Crippen LogP contribution in [-0.4, -0.2) is 32.3 Å². The highest BCUT2D eigenvalue weighted by atomic mass is 32.2. The van der Waals surface area contributed by atoms with Crippen molar-refractivity contribution in [1.29, 1.82) is 0 Å². The lowest BCUT2D eigenvalue weighted by Crippen LogP contribution is -2.45. The summed E-state index contributed by atoms with van der Waals surface area (Å²) in [5.41, 5.74) is 0.986. The lowest BCUT2D eigenvalue weighted by atomic mass is 10.2. The number of amides is 1. The molecular formula is C15H17FN2O3S2. The molecule has 124 valence electrons. The van der Waals surface area contributed by atoms with Gasteiger partial charge in [0.05, 0.1) is 10.9 Å². The summed E-state index contributed by atoms with van der Waals surface area (Å²) < 4.78 is 39.6. The highest BCUT2D eigenvalue weighted by Crippen LogP contribution is 2.12. The van der Waals surface area contributed by atoms with Crippen molar-refractivity contribution >= 4 is 27.3 Å². The number of thiophene rings is 1. The van der Waals surface area contributed by atoms with Crippen molar-refractivity contribution in [2.75, 3.05) is 7.05 Å². The molecule has 1 aromatic carbocycles. The first-order valence-corrected chi connectivity index (χ1v) is 9.26. The molecule has 0 spiro atoms. The van der Waals surface area contributed by atoms with Gasteiger partial charge in [-0.15, -0.1) is 0 Å². The number of sulfonamides is 1. The summed E-state index contributed by atoms with van der Waals surface area (Å²) in [6.07, 6.45) is 0. The van der Waals surface area contributed by atoms with Crippen LogP contribution >= 0.6 is 11.3 Å². The first kappa shape index (κ1) is 17.6. The minimum absolute atomic E-state index is 0.0842. The fraction of sp³-hybridized carbons (Fsp3) is 0.267. The smallest absolute Gasteiger partial charge is 0.241 e. The number of hydrogen-bond acceptors (Lipinski definition) is 4. The van der Waals surface area contributed by atoms with E-state index < -0.39 is 21.9 Å². The number of carbonyl (C=O) groups is 1. The average Bonchev–Trinajstić information content (AvgIpc) is 2.99. The van der Waals surface area contributed by atoms with E-state index in [0.29, 0.717) is 6.54 Å². The summed E-state index contributed by atoms with van der Waals surface area (Å²) >= 11 is 1.53. The molecule has 0 saturated heterocycles. The van der Waals surface area contributed by atoms with Crippen LogP contribution in [0.2, 0.25) is 0 Å². The predicted octanol–water partition coefficient (Wildman–Crippen LogP) is 2.21. The Labute approximate surface area is 138 Å². The number of nitrogens with one attached hydrogen (secondary N) is 1. The maximum absolute atomic E-state index is 12.9. The van der Waals surface area contributed by atoms with Crippen LogP contribution in [0.3, 0.4) is 0 Å². The van der Waals surface area contributed by atoms with Crippen molar-refractivity contribution in [2.45, 2.75) is 24.4 Å². The van der Waals surface area contributed by atoms with E-state index in [0.717, 1.165) is 29.8 Å². The van der Waals surface area contributed by atoms with Crippen molar-refractivity contribution in [2.24, 2.45) is 0 Å². The Kier molecular flexibility index (Phi) is 5.51. The SMILES string of the molecule is C[C@@H](NS(=O)(=O)c1ccc(F)cc1)C(=O)N(C)Cc1ccsc1. The third-order valence-electron chi connectivity index (χ3n) is 3.20. The number of rotatable bonds is 6. The van der Waals surface area contributed by atoms with E-state index in [1.165, 1.54) is 23.2 Å². The van der Waals surface area contributed by atoms with Gasteiger partial charge in [0.2, 0.25) is 15.9 Å². The molecule has 8 heteroatoms. The van der Waals surface area contributed by atoms with E-state index in [-0.39, 0.29) is 10.8 Å². The van der Waals surface area contributed by atoms with E-state index in [1.807, 2.05) is 16.8 Å². The van der Waals surface area contributed by atoms with Gasteiger partial charge in [-0.1, -0.05) is 0 Å². The van der Waals surface area contributed by atoms with Crippen molar-refractivity contribution in [3.63, 3.8) is 0 Å². The number of hydrogen-bond donors (Lipinski definition) is 1. The fourth-order valence-electron chi connectivity index (χ4n) is 2.03. The molecular weight excluding hydrogens is 339 g/mol. The van der Waals surface area contributed by atoms with Crippen molar-refractivity contribution in [3.8, 4) is 0 Å². The monoisotopic (exact) mass is 356 g/mol. The second-order valence-corrected chi connectivity index (χ2v) is 7.62. The number of nitrogens with zero attached hydrogens (tertiary/aromatic N) is 1. The van der Waals surface area contributed by atoms with Gasteiger partial charge in [-0.05, 0) is 53.6 Å². The Hall–Kier alpha value is -1.77. The van der Waals surface area contributed by atoms with Crippen LogP contribution < -0.4 is 4.72 Å². The summed E-state index contributed by atoms with van der Waals surface area (Å²) in [4.78, 5) is 13.6. The molecule has 1 N–H and O–H groups in total. The molecule has 0 bridgehead atoms. The number of carbonyl (C=O) groups excluding carboxylic acids is 1. The maximum Gasteiger partial charge on any atom is 0.241 e. The molecule has 0 unspecified atom stereocenters. The molecule has 0 fully saturated rings. The van der Waals surface area contributed by atoms with Crippen LogP contribution in [0.5, 0.6) is 0 Å². The van der Waals surface area contributed by atoms with Gasteiger partial charge in [0, 0.05) is 13.6 Å². The second kappa shape index (κ2) is 7.20. The van der Waals surface area contributed by atoms with Crippen LogP contribution in [0.4, 0.5) is 4.39 Å². The lowest BCUT2D eigenvalue weighted by Gasteiger charge is -2.21. The zero-order chi connectivity index (χ0) is 17.0. The van der Waals surface area contributed by atoms with E-state index in [9.17, 15) is 17.6 Å². The highest BCUT2D eigenvalue weighted by Gasteiger charge is 2.24. The van der Waals surface area contributed by atoms with Gasteiger partial charge < -0.3 is 4.90 Å². The van der Waals surface area contributed by atoms with E-state index in [1.54, 1.807) is 7.05 Å². The summed E-state index contributed by atoms with van der Waals surface area (Å²) in [7, 11) is -2.27. The average molecular weight is 356 g/mol. The molecule has 0 aliphatic heterocycles. The molecule has 5 nitrogen and oxygen atoms in total. The fourth-order valence-corrected chi connectivity index (χ4v) is 3.89. The molecule has 2 aromatic rings. The third-order valence-corrected chi connectivity index (χ3v) is 5.49. The minimum atomic E-state index is -3.88. The van der Waals surface area contributed by atoms with Gasteiger partial charge in [0.15, 0.2) is 0 Å². The predicted molar refractivity (Wildman–Crippen MR) is 87.0 cm³/mol. The van der Waals surface area contributed by atoms with Gasteiger partial charge in [0.25, 0.3) is 0 Å². The summed E-state index contributed by atoms with van der Waals surface area (Å²) in [6, 6.07) is 5.41. The standard InChI is InChI=1S/C15H17FN2O3S2/c1-11(15(19)18(2)9-12-7-8-22-10-12)17-23(20,21)14-5-3-13(16)4-6-14/h3-8,10-11,17H,9H2,1-2H3/t11-/m1/s1. The Balaban J connectivity index is 2.03. The number of benzene rings is 1. The summed E-state index contributed by atoms with van der Waals surface area (Å²) in [5.74, 6) is -0.870. The minimum Gasteiger partial charge on any atom is -0.340 e. The quantitative estimate of drug-likeness (QED) is 0.863. The number of likely N-dealkylation sites (N-methyl/N-ethyl adjacent to an activating group) is 1. The van der Waals surface area contributed by atoms with Crippen molar-refractivity contribution < 1.29 is 17.6 Å². The normalized spacial score (nSPS) is 12.8. The Morgan fingerprint density at radius 3 is 2.52 bits per heavy atom. The summed E-state index contributed by atoms with van der Waals surface area (Å²) in [6.45, 7) is 1.89. The van der Waals surface area contributed by atoms with Crippen LogP contribution in [0.15, 0.2) is 46.0 Å². The first-order chi connectivity index (χ1) is 10.8. The largest absolute Gasteiger partial charge is 0.340 e. The molecule has 23 heavy (non-hydrogen) atoms. The van der Waals surface area contributed by atoms with Crippen LogP contribution in [0, 0.1) is 5.82 Å². The Morgan fingerprint density at radius 2 is 1.96 bits per heavy atom. The molecule has 1 amide bonds. The lowest BCUT2D eigenvalue weighted by molar-refractivity contribution is -0.131. The molecule has 0 radical (unpaired) electrons. The third kappa shape index (κ3) is 4.60. The Bertz CT molecular complexity index is 759. The van der Waals surface area contributed by atoms with Crippen LogP contribution in [-0.2, 0) is 21.4 Å². The van der Waals surface area contributed by atoms with Gasteiger partial charge in [-0.2, -0.15) is 16.1 Å². The molecule has 0 aliphatic rings. The Morgan fingerprint density at radius 1 is 1.30 bits per heavy atom. The van der Waals surface area contributed by atoms with Gasteiger partial charge in [-0.3, -0.25) is 4.79 Å². The van der Waals surface area contributed by atoms with Gasteiger partial charge in [-0.25, -0.2) is 12.8 Å². The zero-order valence-electron chi connectivity index (χ0n) is 12.7. The van der Waals surface area contributed by atoms with E-state index >= 15 is 0 Å². The van der Waals surface area contributed by atoms with Crippen molar-refractivity contribution in [3.05, 3.63) is 52.5 Å². The molecule has 1 heterocycles. The molecule has 1 atom stereocenters. The topological polar surface area (TPSA) is 66.5 Å². The zero-order valence-corrected chi connectivity index (χ0v) is 14.3. The van der Waals surface area contributed by atoms with E-state index in [2.05, 4.69) is 4.72 Å². The molecule has 0 aliphatic carbocycles. The summed E-state index contributed by atoms with van der Waals surface area (Å²) in [5, 5.41) is 3.84. The van der Waals surface area contributed by atoms with E-state index in [4.69, 9.17) is 0 Å². The van der Waals surface area contributed by atoms with Crippen molar-refractivity contribution in [1.82, 2.24) is 9.62 Å². The molecule has 2 rings (SSSR count). The van der Waals surface area contributed by atoms with Crippen LogP contribution in [0.1, 0.15) is 12.5 Å². The number of halogens is 1. The molecule has 1 aromatic heterocycles.